The van der Waals surface area contributed by atoms with Crippen molar-refractivity contribution in [2.45, 2.75) is 19.8 Å². The summed E-state index contributed by atoms with van der Waals surface area (Å²) in [7, 11) is 2.69. The Labute approximate surface area is 122 Å². The monoisotopic (exact) mass is 296 g/mol. The highest BCUT2D eigenvalue weighted by Crippen LogP contribution is 2.32. The Morgan fingerprint density at radius 2 is 1.86 bits per heavy atom. The van der Waals surface area contributed by atoms with Crippen molar-refractivity contribution in [3.63, 3.8) is 0 Å². The molecule has 0 aliphatic heterocycles. The molecule has 114 valence electrons. The lowest BCUT2D eigenvalue weighted by Gasteiger charge is -2.28. The normalized spacial score (nSPS) is 11.7. The van der Waals surface area contributed by atoms with Gasteiger partial charge in [-0.3, -0.25) is 4.79 Å². The average Bonchev–Trinajstić information content (AvgIpc) is 2.46. The highest BCUT2D eigenvalue weighted by atomic mass is 19.3. The Hall–Kier alpha value is -2.16. The van der Waals surface area contributed by atoms with E-state index in [1.807, 2.05) is 6.07 Å². The molecule has 0 radical (unpaired) electrons. The Kier molecular flexibility index (Phi) is 4.89. The van der Waals surface area contributed by atoms with Crippen LogP contribution >= 0.6 is 0 Å². The van der Waals surface area contributed by atoms with Crippen LogP contribution in [0.3, 0.4) is 0 Å². The Balaban J connectivity index is 2.95. The van der Waals surface area contributed by atoms with Crippen LogP contribution in [0, 0.1) is 16.7 Å². The van der Waals surface area contributed by atoms with Gasteiger partial charge in [0.1, 0.15) is 5.75 Å². The van der Waals surface area contributed by atoms with Crippen molar-refractivity contribution in [2.75, 3.05) is 20.7 Å². The quantitative estimate of drug-likeness (QED) is 0.839. The van der Waals surface area contributed by atoms with Crippen LogP contribution in [0.2, 0.25) is 0 Å². The lowest BCUT2D eigenvalue weighted by atomic mass is 9.95. The third-order valence-corrected chi connectivity index (χ3v) is 3.00. The van der Waals surface area contributed by atoms with Gasteiger partial charge in [-0.25, -0.2) is 0 Å². The number of carbonyl (C=O) groups excluding carboxylic acids is 1. The number of likely N-dealkylation sites (N-methyl/N-ethyl adjacent to an activating group) is 1. The number of ether oxygens (including phenoxy) is 1. The second kappa shape index (κ2) is 6.08. The van der Waals surface area contributed by atoms with Crippen LogP contribution in [0.4, 0.5) is 8.78 Å². The van der Waals surface area contributed by atoms with Crippen LogP contribution in [-0.2, 0) is 10.7 Å². The molecule has 0 atom stereocenters. The van der Waals surface area contributed by atoms with Crippen molar-refractivity contribution in [2.24, 2.45) is 5.41 Å². The molecule has 0 aliphatic carbocycles. The van der Waals surface area contributed by atoms with Gasteiger partial charge in [0.05, 0.1) is 18.6 Å². The fourth-order valence-corrected chi connectivity index (χ4v) is 1.86. The summed E-state index contributed by atoms with van der Waals surface area (Å²) < 4.78 is 33.3. The average molecular weight is 296 g/mol. The van der Waals surface area contributed by atoms with Crippen LogP contribution in [0.25, 0.3) is 0 Å². The number of halogens is 2. The number of hydrogen-bond donors (Lipinski definition) is 0. The zero-order valence-electron chi connectivity index (χ0n) is 12.5. The fraction of sp³-hybridized carbons (Fsp3) is 0.467. The molecule has 0 spiro atoms. The number of hydrogen-bond acceptors (Lipinski definition) is 3. The van der Waals surface area contributed by atoms with E-state index >= 15 is 0 Å². The van der Waals surface area contributed by atoms with Crippen molar-refractivity contribution in [3.8, 4) is 11.8 Å². The summed E-state index contributed by atoms with van der Waals surface area (Å²) in [5.74, 6) is -4.55. The number of nitriles is 1. The van der Waals surface area contributed by atoms with Crippen molar-refractivity contribution < 1.29 is 18.3 Å². The summed E-state index contributed by atoms with van der Waals surface area (Å²) in [5, 5.41) is 8.91. The molecule has 0 heterocycles. The molecule has 1 aromatic carbocycles. The van der Waals surface area contributed by atoms with E-state index in [4.69, 9.17) is 10.00 Å². The minimum absolute atomic E-state index is 0.0753. The van der Waals surface area contributed by atoms with Crippen LogP contribution < -0.4 is 4.74 Å². The molecule has 4 nitrogen and oxygen atoms in total. The summed E-state index contributed by atoms with van der Waals surface area (Å²) in [6, 6.07) is 7.03. The zero-order chi connectivity index (χ0) is 16.3. The van der Waals surface area contributed by atoms with Gasteiger partial charge in [0.25, 0.3) is 5.91 Å². The maximum absolute atomic E-state index is 14.2. The maximum Gasteiger partial charge on any atom is 0.349 e. The Morgan fingerprint density at radius 1 is 1.33 bits per heavy atom. The van der Waals surface area contributed by atoms with E-state index in [-0.39, 0.29) is 6.54 Å². The first-order valence-corrected chi connectivity index (χ1v) is 6.33. The fourth-order valence-electron chi connectivity index (χ4n) is 1.86. The molecular weight excluding hydrogens is 278 g/mol. The summed E-state index contributed by atoms with van der Waals surface area (Å²) in [6.45, 7) is 3.10. The molecule has 0 saturated carbocycles. The van der Waals surface area contributed by atoms with Crippen molar-refractivity contribution in [1.82, 2.24) is 4.90 Å². The van der Waals surface area contributed by atoms with Gasteiger partial charge in [-0.05, 0) is 38.1 Å². The standard InChI is InChI=1S/C15H18F2N2O2/c1-14(2,9-18)10-19(3)13(20)15(16,17)11-5-7-12(21-4)8-6-11/h5-8H,10H2,1-4H3. The summed E-state index contributed by atoms with van der Waals surface area (Å²) in [4.78, 5) is 12.8. The molecule has 0 fully saturated rings. The summed E-state index contributed by atoms with van der Waals surface area (Å²) in [6.07, 6.45) is 0. The molecule has 0 aromatic heterocycles. The number of alkyl halides is 2. The molecule has 0 bridgehead atoms. The highest BCUT2D eigenvalue weighted by Gasteiger charge is 2.43. The van der Waals surface area contributed by atoms with Gasteiger partial charge in [-0.1, -0.05) is 0 Å². The van der Waals surface area contributed by atoms with E-state index < -0.39 is 22.8 Å². The van der Waals surface area contributed by atoms with Gasteiger partial charge < -0.3 is 9.64 Å². The SMILES string of the molecule is COc1ccc(C(F)(F)C(=O)N(C)CC(C)(C)C#N)cc1. The summed E-state index contributed by atoms with van der Waals surface area (Å²) in [5.41, 5.74) is -1.30. The molecule has 21 heavy (non-hydrogen) atoms. The number of benzene rings is 1. The van der Waals surface area contributed by atoms with Gasteiger partial charge in [0.15, 0.2) is 0 Å². The second-order valence-electron chi connectivity index (χ2n) is 5.46. The second-order valence-corrected chi connectivity index (χ2v) is 5.46. The third-order valence-electron chi connectivity index (χ3n) is 3.00. The van der Waals surface area contributed by atoms with Gasteiger partial charge in [0, 0.05) is 19.2 Å². The van der Waals surface area contributed by atoms with E-state index in [2.05, 4.69) is 0 Å². The number of amides is 1. The van der Waals surface area contributed by atoms with Crippen LogP contribution in [0.5, 0.6) is 5.75 Å². The smallest absolute Gasteiger partial charge is 0.349 e. The highest BCUT2D eigenvalue weighted by molar-refractivity contribution is 5.84. The van der Waals surface area contributed by atoms with Gasteiger partial charge in [-0.15, -0.1) is 0 Å². The number of methoxy groups -OCH3 is 1. The zero-order valence-corrected chi connectivity index (χ0v) is 12.5. The van der Waals surface area contributed by atoms with Crippen molar-refractivity contribution in [1.29, 1.82) is 5.26 Å². The number of nitrogens with zero attached hydrogens (tertiary/aromatic N) is 2. The van der Waals surface area contributed by atoms with Crippen LogP contribution in [-0.4, -0.2) is 31.5 Å². The number of carbonyl (C=O) groups is 1. The van der Waals surface area contributed by atoms with Gasteiger partial charge in [0.2, 0.25) is 0 Å². The van der Waals surface area contributed by atoms with Gasteiger partial charge in [-0.2, -0.15) is 14.0 Å². The van der Waals surface area contributed by atoms with Crippen molar-refractivity contribution >= 4 is 5.91 Å². The molecule has 1 aromatic rings. The van der Waals surface area contributed by atoms with Gasteiger partial charge >= 0.3 is 5.92 Å². The Morgan fingerprint density at radius 3 is 2.29 bits per heavy atom. The molecule has 0 unspecified atom stereocenters. The number of rotatable bonds is 5. The van der Waals surface area contributed by atoms with Crippen LogP contribution in [0.1, 0.15) is 19.4 Å². The van der Waals surface area contributed by atoms with E-state index in [1.54, 1.807) is 13.8 Å². The predicted octanol–water partition coefficient (Wildman–Crippen LogP) is 2.80. The molecule has 1 rings (SSSR count). The molecule has 0 saturated heterocycles. The first kappa shape index (κ1) is 16.9. The Bertz CT molecular complexity index is 548. The van der Waals surface area contributed by atoms with Crippen LogP contribution in [0.15, 0.2) is 24.3 Å². The molecule has 0 aliphatic rings. The first-order chi connectivity index (χ1) is 9.64. The van der Waals surface area contributed by atoms with E-state index in [1.165, 1.54) is 26.3 Å². The topological polar surface area (TPSA) is 53.3 Å². The third kappa shape index (κ3) is 3.91. The predicted molar refractivity (Wildman–Crippen MR) is 73.9 cm³/mol. The molecular formula is C15H18F2N2O2. The van der Waals surface area contributed by atoms with E-state index in [9.17, 15) is 13.6 Å². The largest absolute Gasteiger partial charge is 0.497 e. The first-order valence-electron chi connectivity index (χ1n) is 6.33. The summed E-state index contributed by atoms with van der Waals surface area (Å²) >= 11 is 0. The van der Waals surface area contributed by atoms with E-state index in [0.29, 0.717) is 5.75 Å². The minimum Gasteiger partial charge on any atom is -0.497 e. The minimum atomic E-state index is -3.65. The molecule has 6 heteroatoms. The maximum atomic E-state index is 14.2. The van der Waals surface area contributed by atoms with Crippen molar-refractivity contribution in [3.05, 3.63) is 29.8 Å². The molecule has 1 amide bonds. The van der Waals surface area contributed by atoms with E-state index in [0.717, 1.165) is 17.0 Å². The lowest BCUT2D eigenvalue weighted by molar-refractivity contribution is -0.158. The molecule has 0 N–H and O–H groups in total. The lowest BCUT2D eigenvalue weighted by Crippen LogP contribution is -2.43.